The first-order chi connectivity index (χ1) is 10.2. The van der Waals surface area contributed by atoms with E-state index in [0.29, 0.717) is 19.0 Å². The second-order valence-electron chi connectivity index (χ2n) is 6.26. The molecule has 2 aliphatic rings. The summed E-state index contributed by atoms with van der Waals surface area (Å²) in [6, 6.07) is 6.88. The minimum absolute atomic E-state index is 0.226. The van der Waals surface area contributed by atoms with Crippen LogP contribution in [-0.4, -0.2) is 54.3 Å². The molecule has 0 N–H and O–H groups in total. The molecule has 3 nitrogen and oxygen atoms in total. The predicted octanol–water partition coefficient (Wildman–Crippen LogP) is 2.11. The molecule has 0 aliphatic carbocycles. The van der Waals surface area contributed by atoms with E-state index in [-0.39, 0.29) is 11.6 Å². The van der Waals surface area contributed by atoms with Gasteiger partial charge in [-0.2, -0.15) is 0 Å². The lowest BCUT2D eigenvalue weighted by atomic mass is 10.1. The molecule has 1 unspecified atom stereocenters. The Morgan fingerprint density at radius 2 is 1.86 bits per heavy atom. The third-order valence-corrected chi connectivity index (χ3v) is 4.62. The average Bonchev–Trinajstić information content (AvgIpc) is 3.12. The number of hydrogen-bond donors (Lipinski definition) is 0. The molecule has 1 aromatic rings. The predicted molar refractivity (Wildman–Crippen MR) is 80.8 cm³/mol. The maximum atomic E-state index is 12.8. The molecule has 1 aromatic carbocycles. The fourth-order valence-corrected chi connectivity index (χ4v) is 3.50. The normalized spacial score (nSPS) is 23.8. The first kappa shape index (κ1) is 14.7. The van der Waals surface area contributed by atoms with Crippen LogP contribution in [0.2, 0.25) is 0 Å². The molecule has 0 aromatic heterocycles. The van der Waals surface area contributed by atoms with E-state index in [1.165, 1.54) is 44.5 Å². The summed E-state index contributed by atoms with van der Waals surface area (Å²) in [5, 5.41) is 0. The van der Waals surface area contributed by atoms with Gasteiger partial charge in [-0.3, -0.25) is 14.6 Å². The lowest BCUT2D eigenvalue weighted by Crippen LogP contribution is -2.36. The number of rotatable bonds is 5. The summed E-state index contributed by atoms with van der Waals surface area (Å²) in [7, 11) is 0. The van der Waals surface area contributed by atoms with Gasteiger partial charge in [0.25, 0.3) is 0 Å². The molecule has 2 saturated heterocycles. The smallest absolute Gasteiger partial charge is 0.151 e. The number of Topliss-reactive ketones (excluding diaryl/α,β-unsaturated/α-hetero) is 1. The number of halogens is 1. The molecule has 2 fully saturated rings. The topological polar surface area (TPSA) is 23.6 Å². The Kier molecular flexibility index (Phi) is 4.66. The Bertz CT molecular complexity index is 482. The summed E-state index contributed by atoms with van der Waals surface area (Å²) in [4.78, 5) is 17.0. The summed E-state index contributed by atoms with van der Waals surface area (Å²) < 4.78 is 12.8. The second kappa shape index (κ2) is 6.67. The van der Waals surface area contributed by atoms with E-state index in [2.05, 4.69) is 9.80 Å². The van der Waals surface area contributed by atoms with Crippen LogP contribution in [0.15, 0.2) is 24.3 Å². The molecule has 21 heavy (non-hydrogen) atoms. The molecule has 1 atom stereocenters. The molecule has 0 spiro atoms. The molecule has 2 aliphatic heterocycles. The molecule has 0 amide bonds. The van der Waals surface area contributed by atoms with Crippen LogP contribution < -0.4 is 0 Å². The van der Waals surface area contributed by atoms with Crippen LogP contribution in [0.25, 0.3) is 0 Å². The Labute approximate surface area is 125 Å². The van der Waals surface area contributed by atoms with Crippen LogP contribution >= 0.6 is 0 Å². The monoisotopic (exact) mass is 290 g/mol. The van der Waals surface area contributed by atoms with Gasteiger partial charge in [0.15, 0.2) is 5.78 Å². The van der Waals surface area contributed by atoms with Crippen LogP contribution in [0, 0.1) is 5.82 Å². The molecule has 0 bridgehead atoms. The van der Waals surface area contributed by atoms with Gasteiger partial charge in [-0.05, 0) is 50.0 Å². The molecule has 2 heterocycles. The van der Waals surface area contributed by atoms with Crippen molar-refractivity contribution >= 4 is 5.78 Å². The van der Waals surface area contributed by atoms with Crippen LogP contribution in [0.4, 0.5) is 4.39 Å². The molecular weight excluding hydrogens is 267 g/mol. The number of hydrogen-bond acceptors (Lipinski definition) is 3. The van der Waals surface area contributed by atoms with E-state index in [1.807, 2.05) is 0 Å². The Morgan fingerprint density at radius 1 is 1.14 bits per heavy atom. The van der Waals surface area contributed by atoms with Gasteiger partial charge < -0.3 is 0 Å². The van der Waals surface area contributed by atoms with Crippen LogP contribution in [0.5, 0.6) is 0 Å². The van der Waals surface area contributed by atoms with E-state index in [0.717, 1.165) is 18.7 Å². The van der Waals surface area contributed by atoms with Gasteiger partial charge in [0, 0.05) is 25.6 Å². The highest BCUT2D eigenvalue weighted by Gasteiger charge is 2.29. The first-order valence-corrected chi connectivity index (χ1v) is 7.93. The number of carbonyl (C=O) groups excluding carboxylic acids is 1. The van der Waals surface area contributed by atoms with Crippen molar-refractivity contribution in [3.8, 4) is 0 Å². The van der Waals surface area contributed by atoms with Gasteiger partial charge in [-0.25, -0.2) is 4.39 Å². The zero-order chi connectivity index (χ0) is 14.7. The third kappa shape index (κ3) is 3.89. The Hall–Kier alpha value is -1.26. The molecule has 3 rings (SSSR count). The second-order valence-corrected chi connectivity index (χ2v) is 6.26. The molecule has 0 radical (unpaired) electrons. The van der Waals surface area contributed by atoms with Gasteiger partial charge in [-0.1, -0.05) is 12.1 Å². The van der Waals surface area contributed by atoms with Gasteiger partial charge in [0.2, 0.25) is 0 Å². The maximum Gasteiger partial charge on any atom is 0.151 e. The standard InChI is InChI=1S/C17H23FN2O/c18-15-5-3-14(4-6-15)11-17(21)13-19-10-7-16(12-19)20-8-1-2-9-20/h3-6,16H,1-2,7-13H2. The summed E-state index contributed by atoms with van der Waals surface area (Å²) in [5.74, 6) is -0.0251. The van der Waals surface area contributed by atoms with E-state index in [1.54, 1.807) is 12.1 Å². The van der Waals surface area contributed by atoms with E-state index in [4.69, 9.17) is 0 Å². The minimum Gasteiger partial charge on any atom is -0.299 e. The third-order valence-electron chi connectivity index (χ3n) is 4.62. The van der Waals surface area contributed by atoms with E-state index in [9.17, 15) is 9.18 Å². The fraction of sp³-hybridized carbons (Fsp3) is 0.588. The van der Waals surface area contributed by atoms with Crippen molar-refractivity contribution < 1.29 is 9.18 Å². The highest BCUT2D eigenvalue weighted by molar-refractivity contribution is 5.82. The highest BCUT2D eigenvalue weighted by atomic mass is 19.1. The summed E-state index contributed by atoms with van der Waals surface area (Å²) in [6.07, 6.45) is 4.23. The summed E-state index contributed by atoms with van der Waals surface area (Å²) in [5.41, 5.74) is 0.900. The van der Waals surface area contributed by atoms with E-state index >= 15 is 0 Å². The van der Waals surface area contributed by atoms with Crippen molar-refractivity contribution in [1.82, 2.24) is 9.80 Å². The molecular formula is C17H23FN2O. The molecule has 4 heteroatoms. The number of carbonyl (C=O) groups is 1. The quantitative estimate of drug-likeness (QED) is 0.830. The van der Waals surface area contributed by atoms with Gasteiger partial charge in [-0.15, -0.1) is 0 Å². The number of benzene rings is 1. The Morgan fingerprint density at radius 3 is 2.57 bits per heavy atom. The summed E-state index contributed by atoms with van der Waals surface area (Å²) >= 11 is 0. The lowest BCUT2D eigenvalue weighted by molar-refractivity contribution is -0.119. The number of ketones is 1. The van der Waals surface area contributed by atoms with Crippen molar-refractivity contribution in [3.05, 3.63) is 35.6 Å². The number of likely N-dealkylation sites (tertiary alicyclic amines) is 2. The summed E-state index contributed by atoms with van der Waals surface area (Å²) in [6.45, 7) is 5.03. The van der Waals surface area contributed by atoms with Crippen molar-refractivity contribution in [2.75, 3.05) is 32.7 Å². The SMILES string of the molecule is O=C(Cc1ccc(F)cc1)CN1CCC(N2CCCC2)C1. The van der Waals surface area contributed by atoms with Gasteiger partial charge in [0.05, 0.1) is 6.54 Å². The Balaban J connectivity index is 1.46. The first-order valence-electron chi connectivity index (χ1n) is 7.93. The highest BCUT2D eigenvalue weighted by Crippen LogP contribution is 2.20. The number of nitrogens with zero attached hydrogens (tertiary/aromatic N) is 2. The zero-order valence-electron chi connectivity index (χ0n) is 12.4. The van der Waals surface area contributed by atoms with Gasteiger partial charge >= 0.3 is 0 Å². The lowest BCUT2D eigenvalue weighted by Gasteiger charge is -2.23. The average molecular weight is 290 g/mol. The molecule has 0 saturated carbocycles. The van der Waals surface area contributed by atoms with Crippen LogP contribution in [0.1, 0.15) is 24.8 Å². The minimum atomic E-state index is -0.251. The fourth-order valence-electron chi connectivity index (χ4n) is 3.50. The van der Waals surface area contributed by atoms with Crippen molar-refractivity contribution in [2.45, 2.75) is 31.7 Å². The van der Waals surface area contributed by atoms with Crippen molar-refractivity contribution in [1.29, 1.82) is 0 Å². The van der Waals surface area contributed by atoms with Gasteiger partial charge in [0.1, 0.15) is 5.82 Å². The molecule has 114 valence electrons. The maximum absolute atomic E-state index is 12.8. The van der Waals surface area contributed by atoms with Crippen molar-refractivity contribution in [2.24, 2.45) is 0 Å². The van der Waals surface area contributed by atoms with Crippen LogP contribution in [0.3, 0.4) is 0 Å². The van der Waals surface area contributed by atoms with E-state index < -0.39 is 0 Å². The van der Waals surface area contributed by atoms with Crippen LogP contribution in [-0.2, 0) is 11.2 Å². The zero-order valence-corrected chi connectivity index (χ0v) is 12.4. The largest absolute Gasteiger partial charge is 0.299 e. The van der Waals surface area contributed by atoms with Crippen molar-refractivity contribution in [3.63, 3.8) is 0 Å².